The fraction of sp³-hybridized carbons (Fsp3) is 0.263. The van der Waals surface area contributed by atoms with Crippen LogP contribution in [0, 0.1) is 9.39 Å². The van der Waals surface area contributed by atoms with Gasteiger partial charge in [0.2, 0.25) is 0 Å². The third-order valence-electron chi connectivity index (χ3n) is 4.66. The molecule has 0 spiro atoms. The van der Waals surface area contributed by atoms with Crippen molar-refractivity contribution in [1.82, 2.24) is 14.9 Å². The first-order valence-corrected chi connectivity index (χ1v) is 9.38. The number of piperidine rings is 1. The third-order valence-corrected chi connectivity index (χ3v) is 5.56. The normalized spacial score (nSPS) is 17.8. The second-order valence-corrected chi connectivity index (χ2v) is 7.52. The quantitative estimate of drug-likeness (QED) is 0.593. The number of benzene rings is 2. The number of imidazole rings is 1. The van der Waals surface area contributed by atoms with E-state index in [1.807, 2.05) is 51.8 Å². The molecular formula is C19H17FIN3O. The summed E-state index contributed by atoms with van der Waals surface area (Å²) in [7, 11) is 0. The number of halogens is 2. The zero-order chi connectivity index (χ0) is 17.4. The van der Waals surface area contributed by atoms with E-state index in [-0.39, 0.29) is 17.6 Å². The number of hydrogen-bond acceptors (Lipinski definition) is 2. The lowest BCUT2D eigenvalue weighted by atomic mass is 9.96. The highest BCUT2D eigenvalue weighted by molar-refractivity contribution is 14.1. The number of nitrogens with zero attached hydrogens (tertiary/aromatic N) is 2. The van der Waals surface area contributed by atoms with E-state index in [1.54, 1.807) is 6.07 Å². The van der Waals surface area contributed by atoms with E-state index < -0.39 is 0 Å². The smallest absolute Gasteiger partial charge is 0.254 e. The molecule has 0 saturated carbocycles. The average molecular weight is 449 g/mol. The van der Waals surface area contributed by atoms with Gasteiger partial charge in [0.15, 0.2) is 0 Å². The lowest BCUT2D eigenvalue weighted by molar-refractivity contribution is 0.0704. The summed E-state index contributed by atoms with van der Waals surface area (Å²) in [4.78, 5) is 22.8. The fourth-order valence-corrected chi connectivity index (χ4v) is 4.09. The first kappa shape index (κ1) is 16.5. The van der Waals surface area contributed by atoms with Crippen LogP contribution in [0.1, 0.15) is 34.9 Å². The Bertz CT molecular complexity index is 906. The molecule has 3 aromatic rings. The molecule has 2 aromatic carbocycles. The minimum absolute atomic E-state index is 0.0368. The van der Waals surface area contributed by atoms with Crippen LogP contribution in [0.4, 0.5) is 4.39 Å². The van der Waals surface area contributed by atoms with Crippen molar-refractivity contribution >= 4 is 39.5 Å². The van der Waals surface area contributed by atoms with Gasteiger partial charge >= 0.3 is 0 Å². The summed E-state index contributed by atoms with van der Waals surface area (Å²) >= 11 is 2.02. The Kier molecular flexibility index (Phi) is 4.45. The van der Waals surface area contributed by atoms with Gasteiger partial charge in [-0.1, -0.05) is 12.1 Å². The van der Waals surface area contributed by atoms with Crippen molar-refractivity contribution in [2.75, 3.05) is 13.1 Å². The summed E-state index contributed by atoms with van der Waals surface area (Å²) in [5.74, 6) is 0.778. The maximum Gasteiger partial charge on any atom is 0.254 e. The van der Waals surface area contributed by atoms with Crippen LogP contribution >= 0.6 is 22.6 Å². The molecule has 4 rings (SSSR count). The molecule has 1 amide bonds. The van der Waals surface area contributed by atoms with E-state index in [4.69, 9.17) is 0 Å². The Labute approximate surface area is 158 Å². The van der Waals surface area contributed by atoms with Gasteiger partial charge in [0.25, 0.3) is 5.91 Å². The molecular weight excluding hydrogens is 432 g/mol. The number of fused-ring (bicyclic) bond motifs is 1. The summed E-state index contributed by atoms with van der Waals surface area (Å²) in [6.45, 7) is 1.36. The molecule has 1 N–H and O–H groups in total. The van der Waals surface area contributed by atoms with Gasteiger partial charge in [-0.25, -0.2) is 9.37 Å². The van der Waals surface area contributed by atoms with Gasteiger partial charge in [-0.05, 0) is 65.8 Å². The number of H-pyrrole nitrogens is 1. The largest absolute Gasteiger partial charge is 0.342 e. The van der Waals surface area contributed by atoms with Crippen molar-refractivity contribution in [3.05, 3.63) is 63.2 Å². The topological polar surface area (TPSA) is 49.0 Å². The maximum atomic E-state index is 13.3. The number of carbonyl (C=O) groups excluding carboxylic acids is 1. The third kappa shape index (κ3) is 3.27. The first-order valence-electron chi connectivity index (χ1n) is 8.31. The van der Waals surface area contributed by atoms with Crippen molar-refractivity contribution in [2.45, 2.75) is 18.8 Å². The van der Waals surface area contributed by atoms with E-state index in [2.05, 4.69) is 9.97 Å². The number of aromatic nitrogens is 2. The fourth-order valence-electron chi connectivity index (χ4n) is 3.38. The zero-order valence-corrected chi connectivity index (χ0v) is 15.7. The standard InChI is InChI=1S/C19H17FIN3O/c20-13-7-8-14(15(21)10-13)19(25)24-9-3-4-12(11-24)18-22-16-5-1-2-6-17(16)23-18/h1-2,5-8,10,12H,3-4,9,11H2,(H,22,23). The second kappa shape index (κ2) is 6.74. The second-order valence-electron chi connectivity index (χ2n) is 6.35. The Morgan fingerprint density at radius 2 is 2.12 bits per heavy atom. The molecule has 0 radical (unpaired) electrons. The van der Waals surface area contributed by atoms with Crippen LogP contribution < -0.4 is 0 Å². The number of hydrogen-bond donors (Lipinski definition) is 1. The molecule has 128 valence electrons. The minimum atomic E-state index is -0.320. The molecule has 1 aliphatic rings. The van der Waals surface area contributed by atoms with Crippen molar-refractivity contribution in [3.8, 4) is 0 Å². The Balaban J connectivity index is 1.57. The van der Waals surface area contributed by atoms with Gasteiger partial charge in [-0.3, -0.25) is 4.79 Å². The molecule has 1 unspecified atom stereocenters. The van der Waals surface area contributed by atoms with Gasteiger partial charge in [-0.2, -0.15) is 0 Å². The van der Waals surface area contributed by atoms with Crippen LogP contribution in [0.2, 0.25) is 0 Å². The summed E-state index contributed by atoms with van der Waals surface area (Å²) in [6.07, 6.45) is 1.94. The van der Waals surface area contributed by atoms with Crippen molar-refractivity contribution in [3.63, 3.8) is 0 Å². The van der Waals surface area contributed by atoms with Crippen LogP contribution in [-0.4, -0.2) is 33.9 Å². The van der Waals surface area contributed by atoms with Gasteiger partial charge in [-0.15, -0.1) is 0 Å². The highest BCUT2D eigenvalue weighted by atomic mass is 127. The molecule has 1 atom stereocenters. The number of carbonyl (C=O) groups is 1. The number of para-hydroxylation sites is 2. The lowest BCUT2D eigenvalue weighted by Crippen LogP contribution is -2.39. The van der Waals surface area contributed by atoms with Gasteiger partial charge < -0.3 is 9.88 Å². The van der Waals surface area contributed by atoms with E-state index in [0.29, 0.717) is 15.7 Å². The number of aromatic amines is 1. The predicted molar refractivity (Wildman–Crippen MR) is 103 cm³/mol. The Hall–Kier alpha value is -1.96. The molecule has 1 saturated heterocycles. The summed E-state index contributed by atoms with van der Waals surface area (Å²) in [5.41, 5.74) is 2.54. The van der Waals surface area contributed by atoms with E-state index in [1.165, 1.54) is 12.1 Å². The number of amides is 1. The van der Waals surface area contributed by atoms with Crippen LogP contribution in [0.3, 0.4) is 0 Å². The van der Waals surface area contributed by atoms with Crippen LogP contribution in [-0.2, 0) is 0 Å². The van der Waals surface area contributed by atoms with E-state index in [0.717, 1.165) is 36.2 Å². The summed E-state index contributed by atoms with van der Waals surface area (Å²) < 4.78 is 13.9. The molecule has 0 bridgehead atoms. The molecule has 4 nitrogen and oxygen atoms in total. The molecule has 1 aromatic heterocycles. The van der Waals surface area contributed by atoms with Crippen LogP contribution in [0.15, 0.2) is 42.5 Å². The molecule has 2 heterocycles. The van der Waals surface area contributed by atoms with Crippen LogP contribution in [0.25, 0.3) is 11.0 Å². The molecule has 6 heteroatoms. The number of likely N-dealkylation sites (tertiary alicyclic amines) is 1. The van der Waals surface area contributed by atoms with E-state index >= 15 is 0 Å². The number of nitrogens with one attached hydrogen (secondary N) is 1. The Morgan fingerprint density at radius 3 is 2.92 bits per heavy atom. The Morgan fingerprint density at radius 1 is 1.28 bits per heavy atom. The van der Waals surface area contributed by atoms with Crippen molar-refractivity contribution in [1.29, 1.82) is 0 Å². The predicted octanol–water partition coefficient (Wildman–Crippen LogP) is 4.33. The summed E-state index contributed by atoms with van der Waals surface area (Å²) in [6, 6.07) is 12.3. The first-order chi connectivity index (χ1) is 12.1. The van der Waals surface area contributed by atoms with Crippen LogP contribution in [0.5, 0.6) is 0 Å². The molecule has 1 aliphatic heterocycles. The SMILES string of the molecule is O=C(c1ccc(F)cc1I)N1CCCC(c2nc3ccccc3[nH]2)C1. The molecule has 0 aliphatic carbocycles. The van der Waals surface area contributed by atoms with E-state index in [9.17, 15) is 9.18 Å². The maximum absolute atomic E-state index is 13.3. The molecule has 1 fully saturated rings. The summed E-state index contributed by atoms with van der Waals surface area (Å²) in [5, 5.41) is 0. The van der Waals surface area contributed by atoms with Gasteiger partial charge in [0.05, 0.1) is 16.6 Å². The minimum Gasteiger partial charge on any atom is -0.342 e. The zero-order valence-electron chi connectivity index (χ0n) is 13.5. The van der Waals surface area contributed by atoms with Crippen molar-refractivity contribution in [2.24, 2.45) is 0 Å². The molecule has 25 heavy (non-hydrogen) atoms. The lowest BCUT2D eigenvalue weighted by Gasteiger charge is -2.32. The number of rotatable bonds is 2. The monoisotopic (exact) mass is 449 g/mol. The van der Waals surface area contributed by atoms with Crippen molar-refractivity contribution < 1.29 is 9.18 Å². The van der Waals surface area contributed by atoms with Gasteiger partial charge in [0, 0.05) is 22.6 Å². The van der Waals surface area contributed by atoms with Gasteiger partial charge in [0.1, 0.15) is 11.6 Å². The highest BCUT2D eigenvalue weighted by Crippen LogP contribution is 2.28. The highest BCUT2D eigenvalue weighted by Gasteiger charge is 2.28. The average Bonchev–Trinajstić information content (AvgIpc) is 3.05.